The van der Waals surface area contributed by atoms with Crippen LogP contribution in [0.5, 0.6) is 5.75 Å². The number of rotatable bonds is 6. The van der Waals surface area contributed by atoms with Crippen LogP contribution in [0.2, 0.25) is 0 Å². The number of fused-ring (bicyclic) bond motifs is 4. The third kappa shape index (κ3) is 3.69. The minimum absolute atomic E-state index is 0.242. The molecule has 4 nitrogen and oxygen atoms in total. The van der Waals surface area contributed by atoms with Crippen molar-refractivity contribution < 1.29 is 14.3 Å². The van der Waals surface area contributed by atoms with Gasteiger partial charge in [0.2, 0.25) is 0 Å². The molecule has 0 saturated carbocycles. The van der Waals surface area contributed by atoms with Gasteiger partial charge >= 0.3 is 5.97 Å². The molecule has 3 aromatic carbocycles. The molecule has 5 rings (SSSR count). The summed E-state index contributed by atoms with van der Waals surface area (Å²) >= 11 is 0. The van der Waals surface area contributed by atoms with Gasteiger partial charge in [0.15, 0.2) is 17.3 Å². The molecule has 0 bridgehead atoms. The van der Waals surface area contributed by atoms with E-state index in [1.807, 2.05) is 71.4 Å². The molecule has 160 valence electrons. The SMILES string of the molecule is CCCCCC(=O)OC1=C(c2cccc3ccccc23)Oc2ccccc2-n2cccc21. The van der Waals surface area contributed by atoms with E-state index in [1.54, 1.807) is 0 Å². The molecule has 0 saturated heterocycles. The Morgan fingerprint density at radius 2 is 1.72 bits per heavy atom. The van der Waals surface area contributed by atoms with Crippen molar-refractivity contribution in [2.24, 2.45) is 0 Å². The Morgan fingerprint density at radius 1 is 0.906 bits per heavy atom. The predicted molar refractivity (Wildman–Crippen MR) is 127 cm³/mol. The number of ether oxygens (including phenoxy) is 2. The molecule has 32 heavy (non-hydrogen) atoms. The molecular weight excluding hydrogens is 398 g/mol. The van der Waals surface area contributed by atoms with Crippen LogP contribution >= 0.6 is 0 Å². The zero-order valence-electron chi connectivity index (χ0n) is 18.1. The number of unbranched alkanes of at least 4 members (excludes halogenated alkanes) is 2. The summed E-state index contributed by atoms with van der Waals surface area (Å²) < 4.78 is 14.6. The van der Waals surface area contributed by atoms with Crippen LogP contribution in [-0.4, -0.2) is 10.5 Å². The number of hydrogen-bond acceptors (Lipinski definition) is 3. The highest BCUT2D eigenvalue weighted by atomic mass is 16.6. The lowest BCUT2D eigenvalue weighted by atomic mass is 10.0. The maximum atomic E-state index is 12.8. The Bertz CT molecular complexity index is 1310. The first-order chi connectivity index (χ1) is 15.8. The van der Waals surface area contributed by atoms with Crippen LogP contribution in [0.3, 0.4) is 0 Å². The molecule has 0 N–H and O–H groups in total. The number of hydrogen-bond donors (Lipinski definition) is 0. The minimum atomic E-state index is -0.242. The number of carbonyl (C=O) groups is 1. The first kappa shape index (κ1) is 20.1. The first-order valence-corrected chi connectivity index (χ1v) is 11.1. The van der Waals surface area contributed by atoms with Crippen LogP contribution < -0.4 is 4.74 Å². The number of carbonyl (C=O) groups excluding carboxylic acids is 1. The van der Waals surface area contributed by atoms with Gasteiger partial charge in [0.1, 0.15) is 0 Å². The molecule has 0 atom stereocenters. The second-order valence-corrected chi connectivity index (χ2v) is 7.95. The van der Waals surface area contributed by atoms with E-state index in [-0.39, 0.29) is 5.97 Å². The van der Waals surface area contributed by atoms with Crippen LogP contribution in [0, 0.1) is 0 Å². The van der Waals surface area contributed by atoms with Crippen LogP contribution in [0.1, 0.15) is 43.9 Å². The van der Waals surface area contributed by atoms with E-state index in [1.165, 1.54) is 0 Å². The molecule has 1 aliphatic rings. The Labute approximate surface area is 187 Å². The van der Waals surface area contributed by atoms with Gasteiger partial charge in [-0.3, -0.25) is 4.79 Å². The highest BCUT2D eigenvalue weighted by Crippen LogP contribution is 2.40. The van der Waals surface area contributed by atoms with Gasteiger partial charge in [0.05, 0.1) is 11.4 Å². The van der Waals surface area contributed by atoms with Gasteiger partial charge in [-0.05, 0) is 41.5 Å². The van der Waals surface area contributed by atoms with Crippen molar-refractivity contribution in [3.05, 3.63) is 96.3 Å². The molecule has 0 radical (unpaired) electrons. The summed E-state index contributed by atoms with van der Waals surface area (Å²) in [7, 11) is 0. The summed E-state index contributed by atoms with van der Waals surface area (Å²) in [6.45, 7) is 2.12. The minimum Gasteiger partial charge on any atom is -0.450 e. The fourth-order valence-corrected chi connectivity index (χ4v) is 4.17. The second kappa shape index (κ2) is 8.75. The van der Waals surface area contributed by atoms with Gasteiger partial charge in [-0.2, -0.15) is 0 Å². The van der Waals surface area contributed by atoms with Crippen LogP contribution in [0.15, 0.2) is 85.1 Å². The molecule has 0 spiro atoms. The molecule has 1 aromatic heterocycles. The van der Waals surface area contributed by atoms with Gasteiger partial charge in [-0.1, -0.05) is 74.4 Å². The van der Waals surface area contributed by atoms with E-state index in [0.29, 0.717) is 23.7 Å². The Hall–Kier alpha value is -3.79. The molecule has 2 heterocycles. The lowest BCUT2D eigenvalue weighted by molar-refractivity contribution is -0.136. The zero-order valence-corrected chi connectivity index (χ0v) is 18.1. The van der Waals surface area contributed by atoms with Crippen molar-refractivity contribution >= 4 is 28.3 Å². The number of aromatic nitrogens is 1. The van der Waals surface area contributed by atoms with E-state index in [2.05, 4.69) is 25.1 Å². The largest absolute Gasteiger partial charge is 0.450 e. The lowest BCUT2D eigenvalue weighted by Crippen LogP contribution is -2.09. The standard InChI is InChI=1S/C28H25NO3/c1-2-3-4-18-26(30)32-28-24-16-10-19-29(24)23-15-7-8-17-25(23)31-27(28)22-14-9-12-20-11-5-6-13-21(20)22/h5-17,19H,2-4,18H2,1H3. The van der Waals surface area contributed by atoms with E-state index in [9.17, 15) is 4.79 Å². The summed E-state index contributed by atoms with van der Waals surface area (Å²) in [6.07, 6.45) is 5.22. The summed E-state index contributed by atoms with van der Waals surface area (Å²) in [6, 6.07) is 26.1. The highest BCUT2D eigenvalue weighted by Gasteiger charge is 2.27. The maximum Gasteiger partial charge on any atom is 0.311 e. The fourth-order valence-electron chi connectivity index (χ4n) is 4.17. The van der Waals surface area contributed by atoms with Crippen molar-refractivity contribution in [1.29, 1.82) is 0 Å². The van der Waals surface area contributed by atoms with Crippen LogP contribution in [0.4, 0.5) is 0 Å². The highest BCUT2D eigenvalue weighted by molar-refractivity contribution is 6.00. The van der Waals surface area contributed by atoms with Gasteiger partial charge < -0.3 is 14.0 Å². The van der Waals surface area contributed by atoms with Crippen LogP contribution in [0.25, 0.3) is 28.0 Å². The molecule has 1 aliphatic heterocycles. The van der Waals surface area contributed by atoms with E-state index >= 15 is 0 Å². The number of esters is 1. The average molecular weight is 424 g/mol. The summed E-state index contributed by atoms with van der Waals surface area (Å²) in [4.78, 5) is 12.8. The van der Waals surface area contributed by atoms with Gasteiger partial charge in [-0.25, -0.2) is 0 Å². The monoisotopic (exact) mass is 423 g/mol. The topological polar surface area (TPSA) is 40.5 Å². The third-order valence-corrected chi connectivity index (χ3v) is 5.76. The van der Waals surface area contributed by atoms with Crippen molar-refractivity contribution in [3.63, 3.8) is 0 Å². The molecule has 4 aromatic rings. The quantitative estimate of drug-likeness (QED) is 0.248. The zero-order chi connectivity index (χ0) is 21.9. The average Bonchev–Trinajstić information content (AvgIpc) is 3.26. The van der Waals surface area contributed by atoms with Crippen molar-refractivity contribution in [2.45, 2.75) is 32.6 Å². The maximum absolute atomic E-state index is 12.8. The molecular formula is C28H25NO3. The first-order valence-electron chi connectivity index (χ1n) is 11.1. The summed E-state index contributed by atoms with van der Waals surface area (Å²) in [5, 5.41) is 2.14. The second-order valence-electron chi connectivity index (χ2n) is 7.95. The lowest BCUT2D eigenvalue weighted by Gasteiger charge is -2.16. The van der Waals surface area contributed by atoms with Crippen molar-refractivity contribution in [3.8, 4) is 11.4 Å². The van der Waals surface area contributed by atoms with Crippen molar-refractivity contribution in [2.75, 3.05) is 0 Å². The molecule has 0 unspecified atom stereocenters. The summed E-state index contributed by atoms with van der Waals surface area (Å²) in [5.41, 5.74) is 2.59. The van der Waals surface area contributed by atoms with Gasteiger partial charge in [-0.15, -0.1) is 0 Å². The van der Waals surface area contributed by atoms with Crippen LogP contribution in [-0.2, 0) is 9.53 Å². The van der Waals surface area contributed by atoms with Gasteiger partial charge in [0, 0.05) is 18.2 Å². The fraction of sp³-hybridized carbons (Fsp3) is 0.179. The molecule has 0 fully saturated rings. The molecule has 0 aliphatic carbocycles. The van der Waals surface area contributed by atoms with E-state index in [0.717, 1.165) is 47.0 Å². The molecule has 4 heteroatoms. The van der Waals surface area contributed by atoms with E-state index < -0.39 is 0 Å². The Balaban J connectivity index is 1.71. The molecule has 0 amide bonds. The smallest absolute Gasteiger partial charge is 0.311 e. The normalized spacial score (nSPS) is 12.7. The Morgan fingerprint density at radius 3 is 2.62 bits per heavy atom. The third-order valence-electron chi connectivity index (χ3n) is 5.76. The van der Waals surface area contributed by atoms with E-state index in [4.69, 9.17) is 9.47 Å². The number of benzene rings is 3. The summed E-state index contributed by atoms with van der Waals surface area (Å²) in [5.74, 6) is 1.47. The predicted octanol–water partition coefficient (Wildman–Crippen LogP) is 6.97. The number of nitrogens with zero attached hydrogens (tertiary/aromatic N) is 1. The number of para-hydroxylation sites is 2. The van der Waals surface area contributed by atoms with Crippen molar-refractivity contribution in [1.82, 2.24) is 4.57 Å². The van der Waals surface area contributed by atoms with Gasteiger partial charge in [0.25, 0.3) is 0 Å². The Kier molecular flexibility index (Phi) is 5.51.